The fourth-order valence-electron chi connectivity index (χ4n) is 2.13. The number of aromatic nitrogens is 2. The van der Waals surface area contributed by atoms with Crippen molar-refractivity contribution < 1.29 is 9.18 Å². The topological polar surface area (TPSA) is 54.9 Å². The van der Waals surface area contributed by atoms with Crippen molar-refractivity contribution in [1.82, 2.24) is 9.97 Å². The fourth-order valence-corrected chi connectivity index (χ4v) is 2.13. The van der Waals surface area contributed by atoms with Crippen LogP contribution in [0.15, 0.2) is 42.5 Å². The third-order valence-corrected chi connectivity index (χ3v) is 3.46. The van der Waals surface area contributed by atoms with Crippen LogP contribution in [-0.4, -0.2) is 15.9 Å². The van der Waals surface area contributed by atoms with Gasteiger partial charge >= 0.3 is 0 Å². The lowest BCUT2D eigenvalue weighted by Crippen LogP contribution is -2.13. The van der Waals surface area contributed by atoms with Crippen LogP contribution in [-0.2, 0) is 0 Å². The third-order valence-electron chi connectivity index (χ3n) is 3.46. The molecular formula is C17H14FN3O. The third kappa shape index (κ3) is 2.65. The van der Waals surface area contributed by atoms with Gasteiger partial charge in [-0.2, -0.15) is 0 Å². The van der Waals surface area contributed by atoms with Crippen molar-refractivity contribution in [2.45, 2.75) is 13.8 Å². The van der Waals surface area contributed by atoms with Crippen LogP contribution in [0.1, 0.15) is 21.7 Å². The summed E-state index contributed by atoms with van der Waals surface area (Å²) >= 11 is 0. The number of hydrogen-bond donors (Lipinski definition) is 1. The summed E-state index contributed by atoms with van der Waals surface area (Å²) in [5.74, 6) is -0.852. The molecule has 2 aromatic carbocycles. The monoisotopic (exact) mass is 295 g/mol. The molecule has 1 aromatic heterocycles. The van der Waals surface area contributed by atoms with E-state index in [1.165, 1.54) is 12.1 Å². The number of amides is 1. The van der Waals surface area contributed by atoms with Gasteiger partial charge in [-0.25, -0.2) is 14.4 Å². The smallest absolute Gasteiger partial charge is 0.255 e. The lowest BCUT2D eigenvalue weighted by atomic mass is 10.1. The minimum absolute atomic E-state index is 0.152. The summed E-state index contributed by atoms with van der Waals surface area (Å²) in [6.07, 6.45) is 0. The molecule has 3 rings (SSSR count). The van der Waals surface area contributed by atoms with E-state index >= 15 is 0 Å². The summed E-state index contributed by atoms with van der Waals surface area (Å²) in [5, 5.41) is 2.56. The van der Waals surface area contributed by atoms with E-state index in [0.717, 1.165) is 16.9 Å². The molecule has 4 nitrogen and oxygen atoms in total. The van der Waals surface area contributed by atoms with Crippen molar-refractivity contribution in [2.24, 2.45) is 0 Å². The van der Waals surface area contributed by atoms with Crippen LogP contribution in [0.3, 0.4) is 0 Å². The molecule has 0 aliphatic heterocycles. The van der Waals surface area contributed by atoms with E-state index in [1.54, 1.807) is 30.3 Å². The van der Waals surface area contributed by atoms with E-state index in [-0.39, 0.29) is 11.6 Å². The number of fused-ring (bicyclic) bond motifs is 1. The Kier molecular flexibility index (Phi) is 3.55. The fraction of sp³-hybridized carbons (Fsp3) is 0.118. The number of hydrogen-bond acceptors (Lipinski definition) is 3. The number of para-hydroxylation sites is 1. The second-order valence-corrected chi connectivity index (χ2v) is 5.03. The highest BCUT2D eigenvalue weighted by Crippen LogP contribution is 2.17. The molecule has 0 unspecified atom stereocenters. The van der Waals surface area contributed by atoms with Crippen LogP contribution >= 0.6 is 0 Å². The zero-order valence-electron chi connectivity index (χ0n) is 12.2. The Morgan fingerprint density at radius 3 is 2.41 bits per heavy atom. The van der Waals surface area contributed by atoms with Gasteiger partial charge in [0.25, 0.3) is 5.91 Å². The second kappa shape index (κ2) is 5.52. The van der Waals surface area contributed by atoms with Gasteiger partial charge in [-0.1, -0.05) is 12.1 Å². The van der Waals surface area contributed by atoms with Gasteiger partial charge in [0.05, 0.1) is 28.1 Å². The lowest BCUT2D eigenvalue weighted by molar-refractivity contribution is 0.102. The maximum absolute atomic E-state index is 13.6. The lowest BCUT2D eigenvalue weighted by Gasteiger charge is -2.07. The molecule has 1 amide bonds. The highest BCUT2D eigenvalue weighted by molar-refractivity contribution is 6.05. The van der Waals surface area contributed by atoms with Crippen LogP contribution < -0.4 is 5.32 Å². The number of nitrogens with zero attached hydrogens (tertiary/aromatic N) is 2. The number of nitrogens with one attached hydrogen (secondary N) is 1. The summed E-state index contributed by atoms with van der Waals surface area (Å²) in [6, 6.07) is 11.1. The molecule has 0 spiro atoms. The molecule has 0 fully saturated rings. The number of anilines is 1. The molecule has 0 bridgehead atoms. The van der Waals surface area contributed by atoms with E-state index < -0.39 is 5.82 Å². The summed E-state index contributed by atoms with van der Waals surface area (Å²) in [7, 11) is 0. The number of aryl methyl sites for hydroxylation is 2. The Balaban J connectivity index is 1.94. The van der Waals surface area contributed by atoms with E-state index in [2.05, 4.69) is 15.3 Å². The van der Waals surface area contributed by atoms with Crippen LogP contribution in [0.5, 0.6) is 0 Å². The Morgan fingerprint density at radius 2 is 1.68 bits per heavy atom. The average molecular weight is 295 g/mol. The first-order valence-electron chi connectivity index (χ1n) is 6.85. The van der Waals surface area contributed by atoms with Crippen LogP contribution in [0.25, 0.3) is 11.0 Å². The predicted octanol–water partition coefficient (Wildman–Crippen LogP) is 3.64. The largest absolute Gasteiger partial charge is 0.319 e. The summed E-state index contributed by atoms with van der Waals surface area (Å²) < 4.78 is 13.6. The van der Waals surface area contributed by atoms with Gasteiger partial charge in [0.1, 0.15) is 5.82 Å². The molecular weight excluding hydrogens is 281 g/mol. The number of halogens is 1. The Bertz CT molecular complexity index is 877. The number of carbonyl (C=O) groups excluding carboxylic acids is 1. The number of carbonyl (C=O) groups is 1. The molecule has 1 heterocycles. The van der Waals surface area contributed by atoms with E-state index in [1.807, 2.05) is 13.8 Å². The quantitative estimate of drug-likeness (QED) is 0.785. The van der Waals surface area contributed by atoms with E-state index in [9.17, 15) is 9.18 Å². The van der Waals surface area contributed by atoms with Crippen molar-refractivity contribution in [1.29, 1.82) is 0 Å². The summed E-state index contributed by atoms with van der Waals surface area (Å²) in [6.45, 7) is 3.76. The van der Waals surface area contributed by atoms with Gasteiger partial charge in [-0.15, -0.1) is 0 Å². The van der Waals surface area contributed by atoms with Gasteiger partial charge in [-0.3, -0.25) is 4.79 Å². The molecule has 0 atom stereocenters. The first-order valence-corrected chi connectivity index (χ1v) is 6.85. The van der Waals surface area contributed by atoms with Crippen LogP contribution in [0, 0.1) is 19.7 Å². The summed E-state index contributed by atoms with van der Waals surface area (Å²) in [5.41, 5.74) is 3.61. The SMILES string of the molecule is Cc1nc2ccc(C(=O)Nc3ccccc3F)cc2nc1C. The Hall–Kier alpha value is -2.82. The molecule has 22 heavy (non-hydrogen) atoms. The number of benzene rings is 2. The first kappa shape index (κ1) is 14.1. The standard InChI is InChI=1S/C17H14FN3O/c1-10-11(2)20-16-9-12(7-8-15(16)19-10)17(22)21-14-6-4-3-5-13(14)18/h3-9H,1-2H3,(H,21,22). The van der Waals surface area contributed by atoms with Gasteiger partial charge in [0.15, 0.2) is 0 Å². The van der Waals surface area contributed by atoms with Crippen molar-refractivity contribution in [3.63, 3.8) is 0 Å². The van der Waals surface area contributed by atoms with Gasteiger partial charge in [-0.05, 0) is 44.2 Å². The normalized spacial score (nSPS) is 10.7. The minimum Gasteiger partial charge on any atom is -0.319 e. The molecule has 0 saturated carbocycles. The average Bonchev–Trinajstić information content (AvgIpc) is 2.50. The molecule has 1 N–H and O–H groups in total. The van der Waals surface area contributed by atoms with Gasteiger partial charge in [0.2, 0.25) is 0 Å². The molecule has 0 aliphatic rings. The van der Waals surface area contributed by atoms with Crippen LogP contribution in [0.4, 0.5) is 10.1 Å². The maximum atomic E-state index is 13.6. The van der Waals surface area contributed by atoms with E-state index in [0.29, 0.717) is 11.1 Å². The molecule has 0 aliphatic carbocycles. The first-order chi connectivity index (χ1) is 10.5. The zero-order chi connectivity index (χ0) is 15.7. The zero-order valence-corrected chi connectivity index (χ0v) is 12.2. The second-order valence-electron chi connectivity index (χ2n) is 5.03. The van der Waals surface area contributed by atoms with Crippen molar-refractivity contribution in [3.8, 4) is 0 Å². The van der Waals surface area contributed by atoms with Crippen molar-refractivity contribution in [2.75, 3.05) is 5.32 Å². The Morgan fingerprint density at radius 1 is 1.00 bits per heavy atom. The van der Waals surface area contributed by atoms with Crippen molar-refractivity contribution in [3.05, 3.63) is 65.2 Å². The maximum Gasteiger partial charge on any atom is 0.255 e. The van der Waals surface area contributed by atoms with E-state index in [4.69, 9.17) is 0 Å². The van der Waals surface area contributed by atoms with Gasteiger partial charge < -0.3 is 5.32 Å². The molecule has 110 valence electrons. The Labute approximate surface area is 127 Å². The van der Waals surface area contributed by atoms with Crippen LogP contribution in [0.2, 0.25) is 0 Å². The minimum atomic E-state index is -0.470. The van der Waals surface area contributed by atoms with Crippen molar-refractivity contribution >= 4 is 22.6 Å². The molecule has 3 aromatic rings. The van der Waals surface area contributed by atoms with Gasteiger partial charge in [0, 0.05) is 5.56 Å². The highest BCUT2D eigenvalue weighted by Gasteiger charge is 2.11. The summed E-state index contributed by atoms with van der Waals surface area (Å²) in [4.78, 5) is 21.1. The highest BCUT2D eigenvalue weighted by atomic mass is 19.1. The molecule has 0 radical (unpaired) electrons. The molecule has 0 saturated heterocycles. The predicted molar refractivity (Wildman–Crippen MR) is 83.4 cm³/mol. The molecule has 5 heteroatoms. The number of rotatable bonds is 2.